The van der Waals surface area contributed by atoms with Gasteiger partial charge in [-0.25, -0.2) is 9.78 Å². The number of carbonyl (C=O) groups excluding carboxylic acids is 2. The highest BCUT2D eigenvalue weighted by Gasteiger charge is 2.54. The number of esters is 1. The molecule has 10 heteroatoms. The summed E-state index contributed by atoms with van der Waals surface area (Å²) in [5.41, 5.74) is -0.517. The summed E-state index contributed by atoms with van der Waals surface area (Å²) < 4.78 is 5.64. The number of nitrogens with zero attached hydrogens (tertiary/aromatic N) is 3. The van der Waals surface area contributed by atoms with Crippen molar-refractivity contribution < 1.29 is 24.2 Å². The van der Waals surface area contributed by atoms with Gasteiger partial charge in [0.2, 0.25) is 0 Å². The first kappa shape index (κ1) is 22.8. The molecule has 4 heterocycles. The van der Waals surface area contributed by atoms with Crippen LogP contribution in [0.1, 0.15) is 56.3 Å². The number of rotatable bonds is 3. The number of anilines is 1. The van der Waals surface area contributed by atoms with Crippen LogP contribution in [0.4, 0.5) is 10.5 Å². The number of pyridine rings is 1. The van der Waals surface area contributed by atoms with E-state index in [2.05, 4.69) is 15.2 Å². The fourth-order valence-electron chi connectivity index (χ4n) is 5.50. The molecule has 0 saturated carbocycles. The Morgan fingerprint density at radius 1 is 1.28 bits per heavy atom. The predicted molar refractivity (Wildman–Crippen MR) is 118 cm³/mol. The lowest BCUT2D eigenvalue weighted by Crippen LogP contribution is -2.53. The summed E-state index contributed by atoms with van der Waals surface area (Å²) in [6.45, 7) is 6.70. The van der Waals surface area contributed by atoms with E-state index in [-0.39, 0.29) is 28.3 Å². The van der Waals surface area contributed by atoms with Crippen LogP contribution in [0.15, 0.2) is 12.3 Å². The molecule has 1 unspecified atom stereocenters. The number of cyclic esters (lactones) is 1. The van der Waals surface area contributed by atoms with E-state index in [1.54, 1.807) is 4.90 Å². The van der Waals surface area contributed by atoms with Gasteiger partial charge in [-0.3, -0.25) is 19.8 Å². The van der Waals surface area contributed by atoms with Crippen LogP contribution in [0.2, 0.25) is 5.15 Å². The van der Waals surface area contributed by atoms with Gasteiger partial charge >= 0.3 is 12.1 Å². The SMILES string of the molecule is CC1(C)CC2(CCCN(C3CCN(C(=O)c4cc(Cl)ncc4NC(=O)O)CC3)C2)C(=O)O1. The largest absolute Gasteiger partial charge is 0.465 e. The van der Waals surface area contributed by atoms with Crippen molar-refractivity contribution >= 4 is 35.3 Å². The van der Waals surface area contributed by atoms with Crippen molar-refractivity contribution in [2.75, 3.05) is 31.5 Å². The average molecular weight is 465 g/mol. The molecule has 4 rings (SSSR count). The van der Waals surface area contributed by atoms with Crippen LogP contribution in [-0.4, -0.2) is 75.7 Å². The van der Waals surface area contributed by atoms with E-state index in [9.17, 15) is 14.4 Å². The Morgan fingerprint density at radius 2 is 2.00 bits per heavy atom. The Labute approximate surface area is 192 Å². The van der Waals surface area contributed by atoms with Crippen LogP contribution < -0.4 is 5.32 Å². The fraction of sp³-hybridized carbons (Fsp3) is 0.636. The van der Waals surface area contributed by atoms with Crippen molar-refractivity contribution in [2.24, 2.45) is 5.41 Å². The topological polar surface area (TPSA) is 112 Å². The monoisotopic (exact) mass is 464 g/mol. The number of halogens is 1. The van der Waals surface area contributed by atoms with Gasteiger partial charge < -0.3 is 14.7 Å². The van der Waals surface area contributed by atoms with Gasteiger partial charge in [0.05, 0.1) is 22.9 Å². The molecular weight excluding hydrogens is 436 g/mol. The summed E-state index contributed by atoms with van der Waals surface area (Å²) in [7, 11) is 0. The molecule has 0 aliphatic carbocycles. The maximum absolute atomic E-state index is 13.1. The van der Waals surface area contributed by atoms with Crippen LogP contribution >= 0.6 is 11.6 Å². The molecular formula is C22H29ClN4O5. The van der Waals surface area contributed by atoms with Crippen molar-refractivity contribution in [3.63, 3.8) is 0 Å². The van der Waals surface area contributed by atoms with E-state index in [0.29, 0.717) is 25.7 Å². The zero-order chi connectivity index (χ0) is 23.1. The number of nitrogens with one attached hydrogen (secondary N) is 1. The molecule has 1 aromatic heterocycles. The van der Waals surface area contributed by atoms with Gasteiger partial charge in [-0.2, -0.15) is 0 Å². The maximum atomic E-state index is 13.1. The van der Waals surface area contributed by atoms with Crippen molar-refractivity contribution in [1.29, 1.82) is 0 Å². The lowest BCUT2D eigenvalue weighted by Gasteiger charge is -2.44. The smallest absolute Gasteiger partial charge is 0.409 e. The maximum Gasteiger partial charge on any atom is 0.409 e. The Bertz CT molecular complexity index is 931. The first-order valence-electron chi connectivity index (χ1n) is 11.0. The molecule has 0 aromatic carbocycles. The number of amides is 2. The van der Waals surface area contributed by atoms with Gasteiger partial charge in [-0.05, 0) is 52.1 Å². The Balaban J connectivity index is 1.41. The van der Waals surface area contributed by atoms with E-state index in [1.165, 1.54) is 12.3 Å². The van der Waals surface area contributed by atoms with Crippen molar-refractivity contribution in [3.8, 4) is 0 Å². The Hall–Kier alpha value is -2.39. The molecule has 3 aliphatic rings. The highest BCUT2D eigenvalue weighted by Crippen LogP contribution is 2.46. The molecule has 2 amide bonds. The number of hydrogen-bond acceptors (Lipinski definition) is 6. The summed E-state index contributed by atoms with van der Waals surface area (Å²) >= 11 is 5.95. The lowest BCUT2D eigenvalue weighted by molar-refractivity contribution is -0.154. The molecule has 1 aromatic rings. The number of carboxylic acid groups (broad SMARTS) is 1. The molecule has 3 aliphatic heterocycles. The second-order valence-corrected chi connectivity index (χ2v) is 10.1. The van der Waals surface area contributed by atoms with Gasteiger partial charge in [0.25, 0.3) is 5.91 Å². The van der Waals surface area contributed by atoms with Gasteiger partial charge in [-0.1, -0.05) is 11.6 Å². The van der Waals surface area contributed by atoms with E-state index in [0.717, 1.165) is 38.6 Å². The molecule has 1 spiro atoms. The third-order valence-corrected chi connectivity index (χ3v) is 6.99. The fourth-order valence-corrected chi connectivity index (χ4v) is 5.66. The quantitative estimate of drug-likeness (QED) is 0.521. The molecule has 1 atom stereocenters. The summed E-state index contributed by atoms with van der Waals surface area (Å²) in [6, 6.07) is 1.69. The van der Waals surface area contributed by atoms with Crippen LogP contribution in [0.25, 0.3) is 0 Å². The van der Waals surface area contributed by atoms with E-state index < -0.39 is 17.1 Å². The average Bonchev–Trinajstić information content (AvgIpc) is 2.95. The van der Waals surface area contributed by atoms with Gasteiger partial charge in [-0.15, -0.1) is 0 Å². The Morgan fingerprint density at radius 3 is 2.62 bits per heavy atom. The lowest BCUT2D eigenvalue weighted by atomic mass is 9.74. The minimum Gasteiger partial charge on any atom is -0.465 e. The number of ether oxygens (including phenoxy) is 1. The Kier molecular flexibility index (Phi) is 6.06. The first-order valence-corrected chi connectivity index (χ1v) is 11.4. The van der Waals surface area contributed by atoms with E-state index >= 15 is 0 Å². The van der Waals surface area contributed by atoms with Crippen molar-refractivity contribution in [3.05, 3.63) is 23.0 Å². The standard InChI is InChI=1S/C22H29ClN4O5/c1-21(2)12-22(19(29)32-21)6-3-7-27(13-22)14-4-8-26(9-5-14)18(28)15-10-17(23)24-11-16(15)25-20(30)31/h10-11,14,25H,3-9,12-13H2,1-2H3,(H,30,31). The number of hydrogen-bond donors (Lipinski definition) is 2. The first-order chi connectivity index (χ1) is 15.1. The highest BCUT2D eigenvalue weighted by atomic mass is 35.5. The summed E-state index contributed by atoms with van der Waals surface area (Å²) in [5, 5.41) is 11.4. The van der Waals surface area contributed by atoms with Crippen LogP contribution in [-0.2, 0) is 9.53 Å². The van der Waals surface area contributed by atoms with E-state index in [4.69, 9.17) is 21.4 Å². The zero-order valence-corrected chi connectivity index (χ0v) is 19.2. The third-order valence-electron chi connectivity index (χ3n) is 6.78. The molecule has 2 N–H and O–H groups in total. The number of carbonyl (C=O) groups is 3. The molecule has 174 valence electrons. The van der Waals surface area contributed by atoms with Crippen LogP contribution in [0.5, 0.6) is 0 Å². The number of likely N-dealkylation sites (tertiary alicyclic amines) is 2. The van der Waals surface area contributed by atoms with Gasteiger partial charge in [0, 0.05) is 32.1 Å². The normalized spacial score (nSPS) is 26.2. The molecule has 0 radical (unpaired) electrons. The van der Waals surface area contributed by atoms with Crippen molar-refractivity contribution in [1.82, 2.24) is 14.8 Å². The molecule has 0 bridgehead atoms. The number of piperidine rings is 2. The van der Waals surface area contributed by atoms with Crippen LogP contribution in [0, 0.1) is 5.41 Å². The summed E-state index contributed by atoms with van der Waals surface area (Å²) in [4.78, 5) is 44.8. The number of aromatic nitrogens is 1. The van der Waals surface area contributed by atoms with Gasteiger partial charge in [0.15, 0.2) is 0 Å². The third kappa shape index (κ3) is 4.54. The zero-order valence-electron chi connectivity index (χ0n) is 18.4. The van der Waals surface area contributed by atoms with Gasteiger partial charge in [0.1, 0.15) is 10.8 Å². The summed E-state index contributed by atoms with van der Waals surface area (Å²) in [5.74, 6) is -0.347. The predicted octanol–water partition coefficient (Wildman–Crippen LogP) is 3.24. The van der Waals surface area contributed by atoms with Crippen molar-refractivity contribution in [2.45, 2.75) is 57.6 Å². The molecule has 9 nitrogen and oxygen atoms in total. The minimum atomic E-state index is -1.27. The summed E-state index contributed by atoms with van der Waals surface area (Å²) in [6.07, 6.45) is 4.15. The molecule has 32 heavy (non-hydrogen) atoms. The molecule has 3 fully saturated rings. The molecule has 3 saturated heterocycles. The van der Waals surface area contributed by atoms with E-state index in [1.807, 2.05) is 13.8 Å². The minimum absolute atomic E-state index is 0.0761. The second-order valence-electron chi connectivity index (χ2n) is 9.69. The van der Waals surface area contributed by atoms with Crippen LogP contribution in [0.3, 0.4) is 0 Å². The highest BCUT2D eigenvalue weighted by molar-refractivity contribution is 6.30. The second kappa shape index (κ2) is 8.51.